The number of nitrogens with zero attached hydrogens (tertiary/aromatic N) is 5. The molecule has 0 radical (unpaired) electrons. The third-order valence-corrected chi connectivity index (χ3v) is 4.15. The van der Waals surface area contributed by atoms with Gasteiger partial charge >= 0.3 is 0 Å². The molecule has 1 aromatic carbocycles. The smallest absolute Gasteiger partial charge is 0.271 e. The lowest BCUT2D eigenvalue weighted by atomic mass is 10.2. The summed E-state index contributed by atoms with van der Waals surface area (Å²) in [4.78, 5) is 25.2. The van der Waals surface area contributed by atoms with Crippen LogP contribution in [-0.2, 0) is 13.0 Å². The van der Waals surface area contributed by atoms with E-state index in [1.807, 2.05) is 37.3 Å². The molecule has 0 saturated heterocycles. The van der Waals surface area contributed by atoms with Gasteiger partial charge in [0.1, 0.15) is 17.8 Å². The van der Waals surface area contributed by atoms with Crippen LogP contribution in [0.2, 0.25) is 0 Å². The summed E-state index contributed by atoms with van der Waals surface area (Å²) in [6, 6.07) is 13.3. The predicted octanol–water partition coefficient (Wildman–Crippen LogP) is 2.81. The van der Waals surface area contributed by atoms with Crippen molar-refractivity contribution in [3.8, 4) is 17.3 Å². The molecule has 0 aliphatic rings. The van der Waals surface area contributed by atoms with Crippen molar-refractivity contribution < 1.29 is 9.32 Å². The van der Waals surface area contributed by atoms with Crippen LogP contribution in [0.5, 0.6) is 0 Å². The number of pyridine rings is 1. The van der Waals surface area contributed by atoms with Gasteiger partial charge in [0, 0.05) is 30.9 Å². The molecule has 3 heterocycles. The Bertz CT molecular complexity index is 1090. The maximum absolute atomic E-state index is 12.3. The van der Waals surface area contributed by atoms with Crippen LogP contribution in [0.4, 0.5) is 0 Å². The number of carbonyl (C=O) groups is 1. The summed E-state index contributed by atoms with van der Waals surface area (Å²) in [5, 5.41) is 6.77. The summed E-state index contributed by atoms with van der Waals surface area (Å²) in [7, 11) is 0. The molecule has 0 aliphatic heterocycles. The number of aryl methyl sites for hydroxylation is 1. The molecule has 28 heavy (non-hydrogen) atoms. The van der Waals surface area contributed by atoms with Crippen molar-refractivity contribution in [1.29, 1.82) is 0 Å². The molecule has 0 atom stereocenters. The van der Waals surface area contributed by atoms with Crippen molar-refractivity contribution in [3.63, 3.8) is 0 Å². The van der Waals surface area contributed by atoms with Gasteiger partial charge in [0.25, 0.3) is 11.8 Å². The highest BCUT2D eigenvalue weighted by Gasteiger charge is 2.12. The van der Waals surface area contributed by atoms with Crippen molar-refractivity contribution in [2.45, 2.75) is 19.9 Å². The van der Waals surface area contributed by atoms with Crippen molar-refractivity contribution in [2.24, 2.45) is 0 Å². The molecular weight excluding hydrogens is 356 g/mol. The molecule has 4 rings (SSSR count). The molecule has 0 spiro atoms. The van der Waals surface area contributed by atoms with Gasteiger partial charge in [-0.25, -0.2) is 9.97 Å². The number of aromatic nitrogens is 5. The second-order valence-electron chi connectivity index (χ2n) is 6.11. The largest absolute Gasteiger partial charge is 0.347 e. The third-order valence-electron chi connectivity index (χ3n) is 4.15. The Balaban J connectivity index is 1.49. The van der Waals surface area contributed by atoms with Gasteiger partial charge in [0.05, 0.1) is 0 Å². The van der Waals surface area contributed by atoms with E-state index in [1.165, 1.54) is 0 Å². The van der Waals surface area contributed by atoms with Gasteiger partial charge in [-0.15, -0.1) is 0 Å². The molecule has 1 amide bonds. The summed E-state index contributed by atoms with van der Waals surface area (Å²) in [6.07, 6.45) is 5.53. The van der Waals surface area contributed by atoms with Gasteiger partial charge in [-0.3, -0.25) is 9.36 Å². The summed E-state index contributed by atoms with van der Waals surface area (Å²) in [5.41, 5.74) is 2.09. The fraction of sp³-hybridized carbons (Fsp3) is 0.150. The second kappa shape index (κ2) is 7.83. The molecule has 0 aliphatic carbocycles. The maximum atomic E-state index is 12.3. The van der Waals surface area contributed by atoms with E-state index in [0.29, 0.717) is 36.2 Å². The fourth-order valence-corrected chi connectivity index (χ4v) is 2.64. The van der Waals surface area contributed by atoms with Crippen LogP contribution in [0.1, 0.15) is 28.8 Å². The van der Waals surface area contributed by atoms with Crippen molar-refractivity contribution in [3.05, 3.63) is 78.3 Å². The zero-order chi connectivity index (χ0) is 19.3. The number of nitrogens with one attached hydrogen (secondary N) is 1. The van der Waals surface area contributed by atoms with Gasteiger partial charge in [-0.1, -0.05) is 42.4 Å². The van der Waals surface area contributed by atoms with Crippen molar-refractivity contribution in [2.75, 3.05) is 0 Å². The number of rotatable bonds is 6. The molecule has 1 N–H and O–H groups in total. The topological polar surface area (TPSA) is 98.7 Å². The van der Waals surface area contributed by atoms with E-state index in [9.17, 15) is 4.79 Å². The minimum atomic E-state index is -0.247. The highest BCUT2D eigenvalue weighted by molar-refractivity contribution is 5.92. The zero-order valence-corrected chi connectivity index (χ0v) is 15.2. The highest BCUT2D eigenvalue weighted by atomic mass is 16.5. The van der Waals surface area contributed by atoms with Crippen molar-refractivity contribution in [1.82, 2.24) is 30.0 Å². The van der Waals surface area contributed by atoms with Crippen LogP contribution < -0.4 is 5.32 Å². The number of imidazole rings is 1. The first-order valence-electron chi connectivity index (χ1n) is 8.88. The molecule has 4 aromatic rings. The molecule has 3 aromatic heterocycles. The van der Waals surface area contributed by atoms with Gasteiger partial charge in [0.15, 0.2) is 5.82 Å². The minimum absolute atomic E-state index is 0.247. The molecule has 0 saturated carbocycles. The first-order valence-corrected chi connectivity index (χ1v) is 8.88. The summed E-state index contributed by atoms with van der Waals surface area (Å²) in [6.45, 7) is 2.40. The van der Waals surface area contributed by atoms with Gasteiger partial charge < -0.3 is 9.84 Å². The number of hydrogen-bond acceptors (Lipinski definition) is 6. The monoisotopic (exact) mass is 374 g/mol. The molecule has 8 nitrogen and oxygen atoms in total. The second-order valence-corrected chi connectivity index (χ2v) is 6.11. The van der Waals surface area contributed by atoms with E-state index in [0.717, 1.165) is 11.1 Å². The Morgan fingerprint density at radius 2 is 2.04 bits per heavy atom. The first kappa shape index (κ1) is 17.6. The molecule has 0 unspecified atom stereocenters. The number of amides is 1. The highest BCUT2D eigenvalue weighted by Crippen LogP contribution is 2.19. The standard InChI is InChI=1S/C20H18N6O2/c1-2-17-24-20(28-25-17)15-8-9-21-18(10-15)26-12-16(23-13-26)19(27)22-11-14-6-4-3-5-7-14/h3-10,12-13H,2,11H2,1H3,(H,22,27). The van der Waals surface area contributed by atoms with E-state index < -0.39 is 0 Å². The molecule has 140 valence electrons. The Morgan fingerprint density at radius 3 is 2.82 bits per heavy atom. The van der Waals surface area contributed by atoms with E-state index in [-0.39, 0.29) is 5.91 Å². The first-order chi connectivity index (χ1) is 13.7. The Morgan fingerprint density at radius 1 is 1.18 bits per heavy atom. The maximum Gasteiger partial charge on any atom is 0.271 e. The Labute approximate surface area is 161 Å². The van der Waals surface area contributed by atoms with E-state index in [4.69, 9.17) is 4.52 Å². The van der Waals surface area contributed by atoms with Crippen molar-refractivity contribution >= 4 is 5.91 Å². The Hall–Kier alpha value is -3.81. The fourth-order valence-electron chi connectivity index (χ4n) is 2.64. The summed E-state index contributed by atoms with van der Waals surface area (Å²) < 4.78 is 6.95. The number of benzene rings is 1. The Kier molecular flexibility index (Phi) is 4.92. The van der Waals surface area contributed by atoms with Crippen LogP contribution in [0.3, 0.4) is 0 Å². The SMILES string of the molecule is CCc1noc(-c2ccnc(-n3cnc(C(=O)NCc4ccccc4)c3)c2)n1. The average Bonchev–Trinajstić information content (AvgIpc) is 3.43. The molecule has 0 fully saturated rings. The van der Waals surface area contributed by atoms with Crippen LogP contribution >= 0.6 is 0 Å². The van der Waals surface area contributed by atoms with Crippen LogP contribution in [0, 0.1) is 0 Å². The van der Waals surface area contributed by atoms with Gasteiger partial charge in [-0.2, -0.15) is 4.98 Å². The van der Waals surface area contributed by atoms with E-state index in [2.05, 4.69) is 25.4 Å². The molecule has 0 bridgehead atoms. The lowest BCUT2D eigenvalue weighted by Gasteiger charge is -2.03. The van der Waals surface area contributed by atoms with Crippen LogP contribution in [0.25, 0.3) is 17.3 Å². The predicted molar refractivity (Wildman–Crippen MR) is 102 cm³/mol. The average molecular weight is 374 g/mol. The summed E-state index contributed by atoms with van der Waals surface area (Å²) in [5.74, 6) is 1.43. The molecular formula is C20H18N6O2. The summed E-state index contributed by atoms with van der Waals surface area (Å²) >= 11 is 0. The lowest BCUT2D eigenvalue weighted by molar-refractivity contribution is 0.0946. The number of hydrogen-bond donors (Lipinski definition) is 1. The normalized spacial score (nSPS) is 10.8. The van der Waals surface area contributed by atoms with Gasteiger partial charge in [0.2, 0.25) is 0 Å². The lowest BCUT2D eigenvalue weighted by Crippen LogP contribution is -2.23. The third kappa shape index (κ3) is 3.80. The van der Waals surface area contributed by atoms with Gasteiger partial charge in [-0.05, 0) is 17.7 Å². The van der Waals surface area contributed by atoms with E-state index in [1.54, 1.807) is 35.4 Å². The van der Waals surface area contributed by atoms with Crippen LogP contribution in [-0.4, -0.2) is 30.6 Å². The quantitative estimate of drug-likeness (QED) is 0.557. The molecule has 8 heteroatoms. The zero-order valence-electron chi connectivity index (χ0n) is 15.2. The van der Waals surface area contributed by atoms with E-state index >= 15 is 0 Å². The minimum Gasteiger partial charge on any atom is -0.347 e. The van der Waals surface area contributed by atoms with Crippen LogP contribution in [0.15, 0.2) is 65.7 Å². The number of carbonyl (C=O) groups excluding carboxylic acids is 1.